The fraction of sp³-hybridized carbons (Fsp3) is 0.423. The lowest BCUT2D eigenvalue weighted by Crippen LogP contribution is -2.45. The van der Waals surface area contributed by atoms with Crippen molar-refractivity contribution >= 4 is 18.1 Å². The van der Waals surface area contributed by atoms with E-state index in [4.69, 9.17) is 9.57 Å². The van der Waals surface area contributed by atoms with E-state index in [-0.39, 0.29) is 24.1 Å². The minimum Gasteiger partial charge on any atom is -0.410 e. The van der Waals surface area contributed by atoms with Crippen molar-refractivity contribution in [3.8, 4) is 0 Å². The van der Waals surface area contributed by atoms with Gasteiger partial charge in [-0.15, -0.1) is 0 Å². The van der Waals surface area contributed by atoms with Gasteiger partial charge in [0.05, 0.1) is 6.04 Å². The summed E-state index contributed by atoms with van der Waals surface area (Å²) in [4.78, 5) is 38.6. The van der Waals surface area contributed by atoms with E-state index < -0.39 is 0 Å². The number of fused-ring (bicyclic) bond motifs is 1. The summed E-state index contributed by atoms with van der Waals surface area (Å²) in [5.74, 6) is 0.446. The van der Waals surface area contributed by atoms with Gasteiger partial charge in [-0.2, -0.15) is 0 Å². The van der Waals surface area contributed by atoms with Gasteiger partial charge in [0.15, 0.2) is 0 Å². The third-order valence-electron chi connectivity index (χ3n) is 7.13. The largest absolute Gasteiger partial charge is 0.410 e. The monoisotopic (exact) mass is 462 g/mol. The van der Waals surface area contributed by atoms with Crippen LogP contribution in [-0.2, 0) is 20.8 Å². The molecule has 1 aromatic carbocycles. The molecule has 1 aromatic heterocycles. The summed E-state index contributed by atoms with van der Waals surface area (Å²) < 4.78 is 5.15. The van der Waals surface area contributed by atoms with Crippen LogP contribution < -0.4 is 4.90 Å². The Morgan fingerprint density at radius 3 is 2.68 bits per heavy atom. The second kappa shape index (κ2) is 9.46. The topological polar surface area (TPSA) is 75.2 Å². The van der Waals surface area contributed by atoms with Gasteiger partial charge < -0.3 is 14.5 Å². The molecule has 0 bridgehead atoms. The molecule has 1 unspecified atom stereocenters. The van der Waals surface area contributed by atoms with E-state index in [0.717, 1.165) is 44.3 Å². The molecule has 1 amide bonds. The van der Waals surface area contributed by atoms with Crippen LogP contribution in [0.5, 0.6) is 0 Å². The normalized spacial score (nSPS) is 22.4. The third kappa shape index (κ3) is 4.25. The Morgan fingerprint density at radius 1 is 1.18 bits per heavy atom. The van der Waals surface area contributed by atoms with Crippen LogP contribution in [0.1, 0.15) is 53.7 Å². The van der Waals surface area contributed by atoms with Gasteiger partial charge >= 0.3 is 0 Å². The van der Waals surface area contributed by atoms with Crippen LogP contribution in [-0.4, -0.2) is 59.6 Å². The van der Waals surface area contributed by atoms with Crippen LogP contribution in [0.3, 0.4) is 0 Å². The molecule has 178 valence electrons. The van der Waals surface area contributed by atoms with Crippen LogP contribution in [0.15, 0.2) is 54.7 Å². The van der Waals surface area contributed by atoms with Crippen LogP contribution >= 0.6 is 0 Å². The van der Waals surface area contributed by atoms with Gasteiger partial charge in [0.1, 0.15) is 6.10 Å². The van der Waals surface area contributed by atoms with E-state index in [0.29, 0.717) is 17.9 Å². The van der Waals surface area contributed by atoms with Crippen molar-refractivity contribution in [2.45, 2.75) is 50.8 Å². The molecule has 1 aliphatic carbocycles. The minimum absolute atomic E-state index is 0.0337. The number of ether oxygens (including phenoxy) is 1. The van der Waals surface area contributed by atoms with Crippen LogP contribution in [0.2, 0.25) is 0 Å². The van der Waals surface area contributed by atoms with Gasteiger partial charge in [0.25, 0.3) is 12.4 Å². The van der Waals surface area contributed by atoms with E-state index >= 15 is 0 Å². The summed E-state index contributed by atoms with van der Waals surface area (Å²) in [6, 6.07) is 10.1. The zero-order chi connectivity index (χ0) is 23.7. The molecular formula is C26H30N4O4. The number of hydrogen-bond donors (Lipinski definition) is 0. The maximum Gasteiger partial charge on any atom is 0.299 e. The fourth-order valence-corrected chi connectivity index (χ4v) is 5.30. The highest BCUT2D eigenvalue weighted by Crippen LogP contribution is 2.41. The molecule has 3 aliphatic rings. The van der Waals surface area contributed by atoms with Crippen molar-refractivity contribution < 1.29 is 19.2 Å². The summed E-state index contributed by atoms with van der Waals surface area (Å²) in [7, 11) is 1.91. The van der Waals surface area contributed by atoms with Crippen molar-refractivity contribution in [1.82, 2.24) is 14.9 Å². The SMILES string of the molecule is CC1C=C(OC=O)N([C@@H]2CCc3ccc(C(=O)N(C)C4CCN(c5ccncc5)CC4)cc32)O1. The molecule has 2 atom stereocenters. The van der Waals surface area contributed by atoms with Gasteiger partial charge in [-0.3, -0.25) is 19.4 Å². The standard InChI is InChI=1S/C26H30N4O4/c1-18-15-25(33-17-31)30(34-18)24-6-5-19-3-4-20(16-23(19)24)26(32)28(2)21-9-13-29(14-10-21)22-7-11-27-12-8-22/h3-4,7-8,11-12,15-18,21,24H,5-6,9-10,13-14H2,1-2H3/t18?,24-/m1/s1. The highest BCUT2D eigenvalue weighted by molar-refractivity contribution is 5.94. The number of hydroxylamine groups is 2. The molecule has 0 N–H and O–H groups in total. The van der Waals surface area contributed by atoms with Gasteiger partial charge in [-0.25, -0.2) is 5.06 Å². The number of rotatable bonds is 6. The van der Waals surface area contributed by atoms with Gasteiger partial charge in [-0.05, 0) is 68.0 Å². The number of benzene rings is 1. The molecule has 3 heterocycles. The number of piperidine rings is 1. The minimum atomic E-state index is -0.173. The number of anilines is 1. The van der Waals surface area contributed by atoms with Crippen LogP contribution in [0.25, 0.3) is 0 Å². The number of aryl methyl sites for hydroxylation is 1. The number of hydrogen-bond acceptors (Lipinski definition) is 7. The molecule has 34 heavy (non-hydrogen) atoms. The number of carbonyl (C=O) groups is 2. The molecule has 2 aliphatic heterocycles. The van der Waals surface area contributed by atoms with E-state index in [1.165, 1.54) is 11.3 Å². The number of amides is 1. The van der Waals surface area contributed by atoms with E-state index in [9.17, 15) is 9.59 Å². The second-order valence-electron chi connectivity index (χ2n) is 9.16. The predicted octanol–water partition coefficient (Wildman–Crippen LogP) is 3.46. The summed E-state index contributed by atoms with van der Waals surface area (Å²) in [6.45, 7) is 4.15. The van der Waals surface area contributed by atoms with Crippen molar-refractivity contribution in [3.63, 3.8) is 0 Å². The number of pyridine rings is 1. The zero-order valence-corrected chi connectivity index (χ0v) is 19.6. The first-order valence-corrected chi connectivity index (χ1v) is 11.9. The number of aromatic nitrogens is 1. The lowest BCUT2D eigenvalue weighted by Gasteiger charge is -2.38. The summed E-state index contributed by atoms with van der Waals surface area (Å²) in [6.07, 6.45) is 8.82. The van der Waals surface area contributed by atoms with E-state index in [1.54, 1.807) is 11.1 Å². The second-order valence-corrected chi connectivity index (χ2v) is 9.16. The van der Waals surface area contributed by atoms with Crippen molar-refractivity contribution in [1.29, 1.82) is 0 Å². The number of nitrogens with zero attached hydrogens (tertiary/aromatic N) is 4. The summed E-state index contributed by atoms with van der Waals surface area (Å²) in [5, 5.41) is 1.68. The van der Waals surface area contributed by atoms with Gasteiger partial charge in [0.2, 0.25) is 5.88 Å². The summed E-state index contributed by atoms with van der Waals surface area (Å²) in [5.41, 5.74) is 4.11. The number of carbonyl (C=O) groups excluding carboxylic acids is 2. The van der Waals surface area contributed by atoms with Crippen molar-refractivity contribution in [2.75, 3.05) is 25.0 Å². The first kappa shape index (κ1) is 22.4. The van der Waals surface area contributed by atoms with Crippen LogP contribution in [0.4, 0.5) is 5.69 Å². The fourth-order valence-electron chi connectivity index (χ4n) is 5.30. The molecule has 0 spiro atoms. The zero-order valence-electron chi connectivity index (χ0n) is 19.6. The highest BCUT2D eigenvalue weighted by atomic mass is 16.7. The smallest absolute Gasteiger partial charge is 0.299 e. The van der Waals surface area contributed by atoms with Gasteiger partial charge in [-0.1, -0.05) is 6.07 Å². The maximum absolute atomic E-state index is 13.4. The predicted molar refractivity (Wildman–Crippen MR) is 127 cm³/mol. The molecule has 5 rings (SSSR count). The van der Waals surface area contributed by atoms with Crippen molar-refractivity contribution in [3.05, 3.63) is 71.4 Å². The third-order valence-corrected chi connectivity index (χ3v) is 7.13. The molecule has 8 nitrogen and oxygen atoms in total. The van der Waals surface area contributed by atoms with Crippen molar-refractivity contribution in [2.24, 2.45) is 0 Å². The Morgan fingerprint density at radius 2 is 1.94 bits per heavy atom. The quantitative estimate of drug-likeness (QED) is 0.609. The molecule has 1 fully saturated rings. The van der Waals surface area contributed by atoms with Gasteiger partial charge in [0, 0.05) is 55.9 Å². The van der Waals surface area contributed by atoms with Crippen LogP contribution in [0, 0.1) is 0 Å². The molecular weight excluding hydrogens is 432 g/mol. The first-order valence-electron chi connectivity index (χ1n) is 11.9. The van der Waals surface area contributed by atoms with E-state index in [2.05, 4.69) is 9.88 Å². The molecule has 2 aromatic rings. The average Bonchev–Trinajstić information content (AvgIpc) is 3.46. The Bertz CT molecular complexity index is 1080. The summed E-state index contributed by atoms with van der Waals surface area (Å²) >= 11 is 0. The lowest BCUT2D eigenvalue weighted by molar-refractivity contribution is -0.186. The molecule has 0 saturated carbocycles. The Balaban J connectivity index is 1.28. The van der Waals surface area contributed by atoms with E-state index in [1.807, 2.05) is 61.6 Å². The molecule has 0 radical (unpaired) electrons. The molecule has 8 heteroatoms. The maximum atomic E-state index is 13.4. The Kier molecular flexibility index (Phi) is 6.24. The highest BCUT2D eigenvalue weighted by Gasteiger charge is 2.36. The lowest BCUT2D eigenvalue weighted by atomic mass is 10.00. The average molecular weight is 463 g/mol. The molecule has 1 saturated heterocycles. The Labute approximate surface area is 199 Å². The first-order chi connectivity index (χ1) is 16.5. The Hall–Kier alpha value is -3.39.